The van der Waals surface area contributed by atoms with Crippen LogP contribution in [0, 0.1) is 0 Å². The first-order chi connectivity index (χ1) is 11.3. The molecule has 2 heterocycles. The fraction of sp³-hybridized carbons (Fsp3) is 0.353. The molecule has 0 saturated carbocycles. The fourth-order valence-electron chi connectivity index (χ4n) is 3.37. The third-order valence-electron chi connectivity index (χ3n) is 4.42. The lowest BCUT2D eigenvalue weighted by atomic mass is 9.96. The number of rotatable bonds is 3. The quantitative estimate of drug-likeness (QED) is 0.694. The molecule has 0 spiro atoms. The first-order valence-electron chi connectivity index (χ1n) is 7.87. The number of hydrogen-bond acceptors (Lipinski definition) is 4. The Labute approximate surface area is 138 Å². The van der Waals surface area contributed by atoms with Gasteiger partial charge in [-0.3, -0.25) is 9.36 Å². The summed E-state index contributed by atoms with van der Waals surface area (Å²) in [7, 11) is 1.89. The van der Waals surface area contributed by atoms with Crippen molar-refractivity contribution >= 4 is 28.6 Å². The Morgan fingerprint density at radius 1 is 1.26 bits per heavy atom. The summed E-state index contributed by atoms with van der Waals surface area (Å²) in [6.45, 7) is 0. The van der Waals surface area contributed by atoms with Gasteiger partial charge in [-0.2, -0.15) is 0 Å². The molecule has 3 aromatic rings. The summed E-state index contributed by atoms with van der Waals surface area (Å²) in [5, 5.41) is 9.89. The molecule has 1 aromatic carbocycles. The Bertz CT molecular complexity index is 880. The minimum absolute atomic E-state index is 0.123. The van der Waals surface area contributed by atoms with Crippen LogP contribution in [0.4, 0.5) is 0 Å². The number of para-hydroxylation sites is 1. The van der Waals surface area contributed by atoms with Gasteiger partial charge >= 0.3 is 0 Å². The molecular weight excluding hydrogens is 308 g/mol. The third-order valence-corrected chi connectivity index (χ3v) is 5.44. The molecule has 0 aliphatic heterocycles. The van der Waals surface area contributed by atoms with Crippen molar-refractivity contribution in [2.24, 2.45) is 7.05 Å². The molecule has 4 rings (SSSR count). The zero-order chi connectivity index (χ0) is 15.8. The van der Waals surface area contributed by atoms with Crippen molar-refractivity contribution < 1.29 is 4.79 Å². The number of hydrogen-bond donors (Lipinski definition) is 0. The Balaban J connectivity index is 1.70. The Hall–Kier alpha value is -2.08. The lowest BCUT2D eigenvalue weighted by Crippen LogP contribution is -2.18. The van der Waals surface area contributed by atoms with Gasteiger partial charge in [-0.15, -0.1) is 10.2 Å². The first-order valence-corrected chi connectivity index (χ1v) is 8.85. The second kappa shape index (κ2) is 5.85. The average molecular weight is 326 g/mol. The molecule has 6 heteroatoms. The van der Waals surface area contributed by atoms with Crippen molar-refractivity contribution in [1.29, 1.82) is 0 Å². The van der Waals surface area contributed by atoms with Gasteiger partial charge in [0.2, 0.25) is 5.91 Å². The number of aryl methyl sites for hydroxylation is 2. The van der Waals surface area contributed by atoms with Gasteiger partial charge in [0.05, 0.1) is 11.3 Å². The van der Waals surface area contributed by atoms with Crippen molar-refractivity contribution in [2.75, 3.05) is 5.75 Å². The number of nitrogens with zero attached hydrogens (tertiary/aromatic N) is 4. The van der Waals surface area contributed by atoms with Gasteiger partial charge in [0, 0.05) is 18.1 Å². The molecule has 0 atom stereocenters. The van der Waals surface area contributed by atoms with Crippen LogP contribution in [0.15, 0.2) is 35.7 Å². The van der Waals surface area contributed by atoms with E-state index in [1.165, 1.54) is 34.8 Å². The molecule has 118 valence electrons. The van der Waals surface area contributed by atoms with E-state index in [0.29, 0.717) is 5.75 Å². The zero-order valence-electron chi connectivity index (χ0n) is 13.0. The van der Waals surface area contributed by atoms with Gasteiger partial charge in [-0.25, -0.2) is 0 Å². The summed E-state index contributed by atoms with van der Waals surface area (Å²) < 4.78 is 3.77. The smallest absolute Gasteiger partial charge is 0.241 e. The summed E-state index contributed by atoms with van der Waals surface area (Å²) in [4.78, 5) is 12.9. The molecule has 1 aliphatic rings. The number of benzene rings is 1. The van der Waals surface area contributed by atoms with Crippen molar-refractivity contribution in [2.45, 2.75) is 30.8 Å². The molecule has 2 aromatic heterocycles. The van der Waals surface area contributed by atoms with Gasteiger partial charge in [0.15, 0.2) is 5.16 Å². The minimum Gasteiger partial charge on any atom is -0.312 e. The molecule has 0 saturated heterocycles. The Kier molecular flexibility index (Phi) is 3.69. The molecule has 23 heavy (non-hydrogen) atoms. The molecule has 1 aliphatic carbocycles. The molecular formula is C17H18N4OS. The van der Waals surface area contributed by atoms with Crippen LogP contribution in [0.1, 0.15) is 28.9 Å². The standard InChI is InChI=1S/C17H18N4OS/c1-20-11-18-19-17(20)23-10-16(22)21-14-8-4-2-6-12(14)13-7-3-5-9-15(13)21/h2,4,6,8,11H,3,5,7,9-10H2,1H3. The van der Waals surface area contributed by atoms with Crippen LogP contribution in [-0.2, 0) is 19.9 Å². The summed E-state index contributed by atoms with van der Waals surface area (Å²) in [6, 6.07) is 8.26. The highest BCUT2D eigenvalue weighted by Crippen LogP contribution is 2.32. The zero-order valence-corrected chi connectivity index (χ0v) is 13.8. The van der Waals surface area contributed by atoms with Crippen LogP contribution < -0.4 is 0 Å². The van der Waals surface area contributed by atoms with E-state index in [-0.39, 0.29) is 5.91 Å². The van der Waals surface area contributed by atoms with Crippen LogP contribution in [0.5, 0.6) is 0 Å². The highest BCUT2D eigenvalue weighted by atomic mass is 32.2. The molecule has 0 amide bonds. The molecule has 0 fully saturated rings. The number of fused-ring (bicyclic) bond motifs is 3. The van der Waals surface area contributed by atoms with Crippen molar-refractivity contribution in [3.05, 3.63) is 41.9 Å². The maximum absolute atomic E-state index is 12.9. The van der Waals surface area contributed by atoms with Crippen molar-refractivity contribution in [3.8, 4) is 0 Å². The molecule has 0 bridgehead atoms. The average Bonchev–Trinajstić information content (AvgIpc) is 3.14. The van der Waals surface area contributed by atoms with Gasteiger partial charge in [-0.1, -0.05) is 30.0 Å². The largest absolute Gasteiger partial charge is 0.312 e. The van der Waals surface area contributed by atoms with E-state index in [1.54, 1.807) is 6.33 Å². The van der Waals surface area contributed by atoms with E-state index in [1.807, 2.05) is 22.2 Å². The highest BCUT2D eigenvalue weighted by molar-refractivity contribution is 7.99. The normalized spacial score (nSPS) is 14.1. The lowest BCUT2D eigenvalue weighted by Gasteiger charge is -2.14. The second-order valence-corrected chi connectivity index (χ2v) is 6.83. The van der Waals surface area contributed by atoms with E-state index < -0.39 is 0 Å². The number of aromatic nitrogens is 4. The fourth-order valence-corrected chi connectivity index (χ4v) is 4.11. The Morgan fingerprint density at radius 2 is 2.09 bits per heavy atom. The first kappa shape index (κ1) is 14.5. The maximum Gasteiger partial charge on any atom is 0.241 e. The van der Waals surface area contributed by atoms with E-state index in [9.17, 15) is 4.79 Å². The van der Waals surface area contributed by atoms with Crippen molar-refractivity contribution in [3.63, 3.8) is 0 Å². The lowest BCUT2D eigenvalue weighted by molar-refractivity contribution is 0.0943. The van der Waals surface area contributed by atoms with Crippen LogP contribution in [0.25, 0.3) is 10.9 Å². The number of carbonyl (C=O) groups excluding carboxylic acids is 1. The van der Waals surface area contributed by atoms with Crippen LogP contribution in [0.3, 0.4) is 0 Å². The maximum atomic E-state index is 12.9. The molecule has 0 radical (unpaired) electrons. The van der Waals surface area contributed by atoms with Crippen molar-refractivity contribution in [1.82, 2.24) is 19.3 Å². The molecule has 0 unspecified atom stereocenters. The van der Waals surface area contributed by atoms with Gasteiger partial charge in [-0.05, 0) is 37.3 Å². The highest BCUT2D eigenvalue weighted by Gasteiger charge is 2.23. The predicted molar refractivity (Wildman–Crippen MR) is 90.9 cm³/mol. The number of thioether (sulfide) groups is 1. The van der Waals surface area contributed by atoms with Gasteiger partial charge in [0.25, 0.3) is 0 Å². The molecule has 0 N–H and O–H groups in total. The second-order valence-electron chi connectivity index (χ2n) is 5.89. The summed E-state index contributed by atoms with van der Waals surface area (Å²) in [5.41, 5.74) is 3.62. The summed E-state index contributed by atoms with van der Waals surface area (Å²) >= 11 is 1.44. The predicted octanol–water partition coefficient (Wildman–Crippen LogP) is 3.08. The minimum atomic E-state index is 0.123. The van der Waals surface area contributed by atoms with Crippen LogP contribution in [-0.4, -0.2) is 31.0 Å². The van der Waals surface area contributed by atoms with Gasteiger partial charge < -0.3 is 4.57 Å². The third kappa shape index (κ3) is 2.47. The summed E-state index contributed by atoms with van der Waals surface area (Å²) in [5.74, 6) is 0.495. The SMILES string of the molecule is Cn1cnnc1SCC(=O)n1c2c(c3ccccc31)CCCC2. The van der Waals surface area contributed by atoms with E-state index in [4.69, 9.17) is 0 Å². The topological polar surface area (TPSA) is 52.7 Å². The monoisotopic (exact) mass is 326 g/mol. The van der Waals surface area contributed by atoms with E-state index >= 15 is 0 Å². The summed E-state index contributed by atoms with van der Waals surface area (Å²) in [6.07, 6.45) is 6.09. The van der Waals surface area contributed by atoms with E-state index in [2.05, 4.69) is 28.4 Å². The van der Waals surface area contributed by atoms with Crippen LogP contribution >= 0.6 is 11.8 Å². The molecule has 5 nitrogen and oxygen atoms in total. The van der Waals surface area contributed by atoms with E-state index in [0.717, 1.165) is 29.9 Å². The van der Waals surface area contributed by atoms with Crippen LogP contribution in [0.2, 0.25) is 0 Å². The Morgan fingerprint density at radius 3 is 2.91 bits per heavy atom. The number of carbonyl (C=O) groups is 1. The van der Waals surface area contributed by atoms with Gasteiger partial charge in [0.1, 0.15) is 6.33 Å².